The van der Waals surface area contributed by atoms with E-state index < -0.39 is 11.7 Å². The van der Waals surface area contributed by atoms with Gasteiger partial charge in [-0.25, -0.2) is 4.98 Å². The van der Waals surface area contributed by atoms with E-state index in [1.54, 1.807) is 9.80 Å². The number of halogens is 4. The highest BCUT2D eigenvalue weighted by Gasteiger charge is 2.32. The SMILES string of the molecule is O=C(CCc1nnc(-c2ccccc2)o1)N1CCN(c2ncc(C(F)(F)F)cc2Cl)CC1. The van der Waals surface area contributed by atoms with Crippen molar-refractivity contribution in [2.24, 2.45) is 0 Å². The van der Waals surface area contributed by atoms with Crippen LogP contribution in [0.4, 0.5) is 19.0 Å². The Kier molecular flexibility index (Phi) is 6.31. The fourth-order valence-corrected chi connectivity index (χ4v) is 3.70. The van der Waals surface area contributed by atoms with Crippen LogP contribution in [0.2, 0.25) is 5.02 Å². The van der Waals surface area contributed by atoms with Gasteiger partial charge in [-0.2, -0.15) is 13.2 Å². The number of nitrogens with zero attached hydrogens (tertiary/aromatic N) is 5. The second-order valence-electron chi connectivity index (χ2n) is 7.26. The number of hydrogen-bond acceptors (Lipinski definition) is 6. The molecule has 32 heavy (non-hydrogen) atoms. The second-order valence-corrected chi connectivity index (χ2v) is 7.67. The molecule has 1 aromatic carbocycles. The maximum atomic E-state index is 12.8. The molecule has 3 aromatic rings. The summed E-state index contributed by atoms with van der Waals surface area (Å²) in [6, 6.07) is 10.2. The van der Waals surface area contributed by atoms with E-state index in [-0.39, 0.29) is 23.2 Å². The Balaban J connectivity index is 1.29. The molecule has 0 N–H and O–H groups in total. The summed E-state index contributed by atoms with van der Waals surface area (Å²) in [7, 11) is 0. The molecule has 1 fully saturated rings. The van der Waals surface area contributed by atoms with Crippen molar-refractivity contribution >= 4 is 23.3 Å². The molecule has 0 aliphatic carbocycles. The van der Waals surface area contributed by atoms with Gasteiger partial charge < -0.3 is 14.2 Å². The topological polar surface area (TPSA) is 75.4 Å². The number of rotatable bonds is 5. The molecule has 168 valence electrons. The molecule has 11 heteroatoms. The van der Waals surface area contributed by atoms with Crippen molar-refractivity contribution in [2.45, 2.75) is 19.0 Å². The molecular weight excluding hydrogens is 447 g/mol. The number of aryl methyl sites for hydroxylation is 1. The number of pyridine rings is 1. The zero-order valence-electron chi connectivity index (χ0n) is 16.8. The summed E-state index contributed by atoms with van der Waals surface area (Å²) in [5, 5.41) is 7.94. The Morgan fingerprint density at radius 2 is 1.81 bits per heavy atom. The number of piperazine rings is 1. The molecule has 3 heterocycles. The van der Waals surface area contributed by atoms with Crippen LogP contribution in [0.3, 0.4) is 0 Å². The first-order valence-electron chi connectivity index (χ1n) is 9.94. The zero-order chi connectivity index (χ0) is 22.7. The Bertz CT molecular complexity index is 1080. The van der Waals surface area contributed by atoms with E-state index in [1.165, 1.54) is 0 Å². The van der Waals surface area contributed by atoms with Gasteiger partial charge in [0.25, 0.3) is 0 Å². The molecule has 0 unspecified atom stereocenters. The number of amides is 1. The minimum atomic E-state index is -4.50. The molecule has 1 aliphatic rings. The molecule has 0 atom stereocenters. The van der Waals surface area contributed by atoms with Crippen LogP contribution >= 0.6 is 11.6 Å². The zero-order valence-corrected chi connectivity index (χ0v) is 17.6. The largest absolute Gasteiger partial charge is 0.421 e. The van der Waals surface area contributed by atoms with Crippen molar-refractivity contribution in [3.63, 3.8) is 0 Å². The number of aromatic nitrogens is 3. The predicted octanol–water partition coefficient (Wildman–Crippen LogP) is 4.09. The average Bonchev–Trinajstić information content (AvgIpc) is 3.27. The molecule has 1 aliphatic heterocycles. The molecule has 1 saturated heterocycles. The summed E-state index contributed by atoms with van der Waals surface area (Å²) in [6.07, 6.45) is -3.19. The van der Waals surface area contributed by atoms with Crippen molar-refractivity contribution in [2.75, 3.05) is 31.1 Å². The molecule has 2 aromatic heterocycles. The Labute approximate surface area is 186 Å². The third-order valence-corrected chi connectivity index (χ3v) is 5.40. The molecule has 7 nitrogen and oxygen atoms in total. The number of alkyl halides is 3. The number of benzene rings is 1. The second kappa shape index (κ2) is 9.15. The monoisotopic (exact) mass is 465 g/mol. The van der Waals surface area contributed by atoms with E-state index >= 15 is 0 Å². The summed E-state index contributed by atoms with van der Waals surface area (Å²) in [5.74, 6) is 1.01. The lowest BCUT2D eigenvalue weighted by Crippen LogP contribution is -2.49. The number of anilines is 1. The lowest BCUT2D eigenvalue weighted by atomic mass is 10.2. The van der Waals surface area contributed by atoms with Gasteiger partial charge in [-0.3, -0.25) is 4.79 Å². The molecule has 0 radical (unpaired) electrons. The third-order valence-electron chi connectivity index (χ3n) is 5.12. The van der Waals surface area contributed by atoms with E-state index in [1.807, 2.05) is 30.3 Å². The van der Waals surface area contributed by atoms with Gasteiger partial charge in [-0.1, -0.05) is 29.8 Å². The summed E-state index contributed by atoms with van der Waals surface area (Å²) in [6.45, 7) is 1.67. The summed E-state index contributed by atoms with van der Waals surface area (Å²) in [4.78, 5) is 19.9. The van der Waals surface area contributed by atoms with Crippen LogP contribution in [-0.2, 0) is 17.4 Å². The van der Waals surface area contributed by atoms with Crippen LogP contribution in [0.5, 0.6) is 0 Å². The lowest BCUT2D eigenvalue weighted by molar-refractivity contribution is -0.137. The molecule has 4 rings (SSSR count). The highest BCUT2D eigenvalue weighted by Crippen LogP contribution is 2.33. The quantitative estimate of drug-likeness (QED) is 0.565. The highest BCUT2D eigenvalue weighted by atomic mass is 35.5. The van der Waals surface area contributed by atoms with Crippen molar-refractivity contribution in [3.8, 4) is 11.5 Å². The minimum Gasteiger partial charge on any atom is -0.421 e. The van der Waals surface area contributed by atoms with Crippen molar-refractivity contribution in [1.29, 1.82) is 0 Å². The normalized spacial score (nSPS) is 14.6. The van der Waals surface area contributed by atoms with Crippen molar-refractivity contribution < 1.29 is 22.4 Å². The van der Waals surface area contributed by atoms with E-state index in [2.05, 4.69) is 15.2 Å². The molecular formula is C21H19ClF3N5O2. The van der Waals surface area contributed by atoms with Gasteiger partial charge in [0.05, 0.1) is 10.6 Å². The number of carbonyl (C=O) groups excluding carboxylic acids is 1. The summed E-state index contributed by atoms with van der Waals surface area (Å²) in [5.41, 5.74) is -0.0826. The van der Waals surface area contributed by atoms with Crippen LogP contribution in [0, 0.1) is 0 Å². The van der Waals surface area contributed by atoms with Crippen molar-refractivity contribution in [1.82, 2.24) is 20.1 Å². The number of hydrogen-bond donors (Lipinski definition) is 0. The minimum absolute atomic E-state index is 0.0596. The summed E-state index contributed by atoms with van der Waals surface area (Å²) < 4.78 is 44.0. The van der Waals surface area contributed by atoms with Crippen LogP contribution in [0.1, 0.15) is 17.9 Å². The smallest absolute Gasteiger partial charge is 0.417 e. The maximum Gasteiger partial charge on any atom is 0.417 e. The van der Waals surface area contributed by atoms with Crippen LogP contribution < -0.4 is 4.90 Å². The van der Waals surface area contributed by atoms with Gasteiger partial charge >= 0.3 is 6.18 Å². The molecule has 0 bridgehead atoms. The fourth-order valence-electron chi connectivity index (χ4n) is 3.41. The van der Waals surface area contributed by atoms with Gasteiger partial charge in [0.1, 0.15) is 5.82 Å². The molecule has 1 amide bonds. The van der Waals surface area contributed by atoms with Gasteiger partial charge in [0, 0.05) is 50.8 Å². The van der Waals surface area contributed by atoms with E-state index in [0.717, 1.165) is 17.8 Å². The third kappa shape index (κ3) is 5.01. The van der Waals surface area contributed by atoms with Crippen LogP contribution in [-0.4, -0.2) is 52.2 Å². The highest BCUT2D eigenvalue weighted by molar-refractivity contribution is 6.33. The fraction of sp³-hybridized carbons (Fsp3) is 0.333. The standard InChI is InChI=1S/C21H19ClF3N5O2/c22-16-12-15(21(23,24)25)13-26-19(16)30-10-8-29(9-11-30)18(31)7-6-17-27-28-20(32-17)14-4-2-1-3-5-14/h1-5,12-13H,6-11H2. The van der Waals surface area contributed by atoms with E-state index in [4.69, 9.17) is 16.0 Å². The number of carbonyl (C=O) groups is 1. The van der Waals surface area contributed by atoms with Crippen LogP contribution in [0.15, 0.2) is 47.0 Å². The Morgan fingerprint density at radius 3 is 2.47 bits per heavy atom. The Morgan fingerprint density at radius 1 is 1.09 bits per heavy atom. The first-order chi connectivity index (χ1) is 15.3. The Hall–Kier alpha value is -3.14. The average molecular weight is 466 g/mol. The molecule has 0 spiro atoms. The van der Waals surface area contributed by atoms with Gasteiger partial charge in [0.2, 0.25) is 17.7 Å². The molecule has 0 saturated carbocycles. The van der Waals surface area contributed by atoms with Crippen LogP contribution in [0.25, 0.3) is 11.5 Å². The van der Waals surface area contributed by atoms with Gasteiger partial charge in [-0.05, 0) is 18.2 Å². The maximum absolute atomic E-state index is 12.8. The first-order valence-corrected chi connectivity index (χ1v) is 10.3. The van der Waals surface area contributed by atoms with E-state index in [0.29, 0.717) is 44.4 Å². The summed E-state index contributed by atoms with van der Waals surface area (Å²) >= 11 is 6.02. The predicted molar refractivity (Wildman–Crippen MR) is 111 cm³/mol. The van der Waals surface area contributed by atoms with Gasteiger partial charge in [-0.15, -0.1) is 10.2 Å². The van der Waals surface area contributed by atoms with Gasteiger partial charge in [0.15, 0.2) is 0 Å². The first kappa shape index (κ1) is 22.1. The van der Waals surface area contributed by atoms with E-state index in [9.17, 15) is 18.0 Å². The van der Waals surface area contributed by atoms with Crippen molar-refractivity contribution in [3.05, 3.63) is 59.1 Å². The lowest BCUT2D eigenvalue weighted by Gasteiger charge is -2.35.